The Labute approximate surface area is 213 Å². The molecule has 0 aliphatic heterocycles. The molecule has 178 valence electrons. The molecule has 0 bridgehead atoms. The number of amides is 1. The van der Waals surface area contributed by atoms with Crippen LogP contribution in [0.25, 0.3) is 22.2 Å². The van der Waals surface area contributed by atoms with Crippen molar-refractivity contribution in [1.82, 2.24) is 4.98 Å². The zero-order valence-electron chi connectivity index (χ0n) is 19.6. The van der Waals surface area contributed by atoms with E-state index in [-0.39, 0.29) is 18.5 Å². The van der Waals surface area contributed by atoms with Gasteiger partial charge in [-0.05, 0) is 61.9 Å². The van der Waals surface area contributed by atoms with Crippen LogP contribution in [-0.4, -0.2) is 23.5 Å². The molecule has 0 saturated carbocycles. The number of hydrogen-bond donors (Lipinski definition) is 1. The number of nitrogens with one attached hydrogen (secondary N) is 1. The highest BCUT2D eigenvalue weighted by Crippen LogP contribution is 2.40. The first-order valence-corrected chi connectivity index (χ1v) is 12.9. The van der Waals surface area contributed by atoms with Crippen molar-refractivity contribution in [1.29, 1.82) is 0 Å². The molecule has 4 aromatic rings. The third-order valence-corrected chi connectivity index (χ3v) is 7.71. The van der Waals surface area contributed by atoms with E-state index in [0.29, 0.717) is 43.7 Å². The lowest BCUT2D eigenvalue weighted by atomic mass is 9.88. The van der Waals surface area contributed by atoms with Crippen LogP contribution in [0.1, 0.15) is 51.4 Å². The van der Waals surface area contributed by atoms with Gasteiger partial charge in [0, 0.05) is 20.8 Å². The summed E-state index contributed by atoms with van der Waals surface area (Å²) in [5.74, 6) is -0.157. The number of nitrogens with zero attached hydrogens (tertiary/aromatic N) is 1. The molecule has 5 nitrogen and oxygen atoms in total. The van der Waals surface area contributed by atoms with Crippen molar-refractivity contribution in [3.05, 3.63) is 81.2 Å². The van der Waals surface area contributed by atoms with Gasteiger partial charge in [-0.3, -0.25) is 4.79 Å². The second-order valence-corrected chi connectivity index (χ2v) is 10.4. The van der Waals surface area contributed by atoms with Crippen molar-refractivity contribution in [2.45, 2.75) is 33.1 Å². The SMILES string of the molecule is CCOC(=O)c1c(NC(=O)c2cc(-c3ccccc3)nc3ccc(Cl)cc23)sc2c1CCC(C)C2. The van der Waals surface area contributed by atoms with E-state index in [1.807, 2.05) is 36.4 Å². The largest absolute Gasteiger partial charge is 0.462 e. The van der Waals surface area contributed by atoms with Crippen LogP contribution < -0.4 is 5.32 Å². The number of halogens is 1. The first kappa shape index (κ1) is 23.5. The normalized spacial score (nSPS) is 15.0. The molecule has 0 fully saturated rings. The molecule has 7 heteroatoms. The van der Waals surface area contributed by atoms with Crippen molar-refractivity contribution in [3.8, 4) is 11.3 Å². The van der Waals surface area contributed by atoms with Gasteiger partial charge in [0.25, 0.3) is 5.91 Å². The van der Waals surface area contributed by atoms with Gasteiger partial charge in [-0.15, -0.1) is 11.3 Å². The number of aromatic nitrogens is 1. The summed E-state index contributed by atoms with van der Waals surface area (Å²) in [7, 11) is 0. The van der Waals surface area contributed by atoms with Gasteiger partial charge in [-0.2, -0.15) is 0 Å². The van der Waals surface area contributed by atoms with Crippen LogP contribution in [0.3, 0.4) is 0 Å². The van der Waals surface area contributed by atoms with Crippen molar-refractivity contribution in [3.63, 3.8) is 0 Å². The van der Waals surface area contributed by atoms with Crippen LogP contribution in [0.5, 0.6) is 0 Å². The number of carbonyl (C=O) groups excluding carboxylic acids is 2. The summed E-state index contributed by atoms with van der Waals surface area (Å²) in [4.78, 5) is 32.5. The number of benzene rings is 2. The number of pyridine rings is 1. The van der Waals surface area contributed by atoms with E-state index in [0.717, 1.165) is 35.3 Å². The standard InChI is InChI=1S/C28H25ClN2O3S/c1-3-34-28(33)25-19-11-9-16(2)13-24(19)35-27(25)31-26(32)21-15-23(17-7-5-4-6-8-17)30-22-12-10-18(29)14-20(21)22/h4-8,10,12,14-16H,3,9,11,13H2,1-2H3,(H,31,32). The molecule has 1 amide bonds. The molecule has 0 saturated heterocycles. The summed E-state index contributed by atoms with van der Waals surface area (Å²) in [6, 6.07) is 16.8. The van der Waals surface area contributed by atoms with E-state index in [2.05, 4.69) is 12.2 Å². The van der Waals surface area contributed by atoms with Crippen LogP contribution in [0.4, 0.5) is 5.00 Å². The van der Waals surface area contributed by atoms with Gasteiger partial charge in [0.2, 0.25) is 0 Å². The Morgan fingerprint density at radius 1 is 1.17 bits per heavy atom. The Hall–Kier alpha value is -3.22. The van der Waals surface area contributed by atoms with Crippen molar-refractivity contribution in [2.24, 2.45) is 5.92 Å². The number of hydrogen-bond acceptors (Lipinski definition) is 5. The van der Waals surface area contributed by atoms with E-state index in [9.17, 15) is 9.59 Å². The van der Waals surface area contributed by atoms with Gasteiger partial charge in [0.15, 0.2) is 0 Å². The van der Waals surface area contributed by atoms with E-state index < -0.39 is 0 Å². The highest BCUT2D eigenvalue weighted by atomic mass is 35.5. The fourth-order valence-electron chi connectivity index (χ4n) is 4.57. The second kappa shape index (κ2) is 9.80. The molecule has 35 heavy (non-hydrogen) atoms. The fraction of sp³-hybridized carbons (Fsp3) is 0.250. The number of esters is 1. The molecule has 1 aliphatic carbocycles. The molecule has 0 radical (unpaired) electrons. The summed E-state index contributed by atoms with van der Waals surface area (Å²) in [6.07, 6.45) is 2.72. The molecule has 2 aromatic heterocycles. The highest BCUT2D eigenvalue weighted by molar-refractivity contribution is 7.17. The number of anilines is 1. The molecular formula is C28H25ClN2O3S. The Morgan fingerprint density at radius 2 is 1.97 bits per heavy atom. The third-order valence-electron chi connectivity index (χ3n) is 6.30. The van der Waals surface area contributed by atoms with Gasteiger partial charge in [-0.25, -0.2) is 9.78 Å². The maximum Gasteiger partial charge on any atom is 0.341 e. The average Bonchev–Trinajstić information content (AvgIpc) is 3.20. The summed E-state index contributed by atoms with van der Waals surface area (Å²) in [5, 5.41) is 4.76. The smallest absolute Gasteiger partial charge is 0.341 e. The molecule has 1 unspecified atom stereocenters. The van der Waals surface area contributed by atoms with Crippen molar-refractivity contribution >= 4 is 50.7 Å². The minimum atomic E-state index is -0.387. The minimum Gasteiger partial charge on any atom is -0.462 e. The predicted octanol–water partition coefficient (Wildman–Crippen LogP) is 7.17. The van der Waals surface area contributed by atoms with Crippen LogP contribution in [0.2, 0.25) is 5.02 Å². The van der Waals surface area contributed by atoms with Gasteiger partial charge in [0.05, 0.1) is 28.9 Å². The number of carbonyl (C=O) groups is 2. The Morgan fingerprint density at radius 3 is 2.74 bits per heavy atom. The molecule has 1 aliphatic rings. The zero-order valence-corrected chi connectivity index (χ0v) is 21.1. The molecule has 1 N–H and O–H groups in total. The van der Waals surface area contributed by atoms with Crippen LogP contribution in [0.15, 0.2) is 54.6 Å². The summed E-state index contributed by atoms with van der Waals surface area (Å²) >= 11 is 7.76. The second-order valence-electron chi connectivity index (χ2n) is 8.81. The van der Waals surface area contributed by atoms with Crippen LogP contribution >= 0.6 is 22.9 Å². The average molecular weight is 505 g/mol. The molecule has 1 atom stereocenters. The topological polar surface area (TPSA) is 68.3 Å². The summed E-state index contributed by atoms with van der Waals surface area (Å²) in [6.45, 7) is 4.28. The lowest BCUT2D eigenvalue weighted by Crippen LogP contribution is -2.17. The lowest BCUT2D eigenvalue weighted by Gasteiger charge is -2.18. The Balaban J connectivity index is 1.60. The van der Waals surface area contributed by atoms with E-state index in [1.165, 1.54) is 11.3 Å². The van der Waals surface area contributed by atoms with Crippen LogP contribution in [0, 0.1) is 5.92 Å². The first-order chi connectivity index (χ1) is 16.9. The van der Waals surface area contributed by atoms with E-state index in [4.69, 9.17) is 21.3 Å². The predicted molar refractivity (Wildman–Crippen MR) is 142 cm³/mol. The van der Waals surface area contributed by atoms with Crippen molar-refractivity contribution < 1.29 is 14.3 Å². The van der Waals surface area contributed by atoms with Crippen LogP contribution in [-0.2, 0) is 17.6 Å². The van der Waals surface area contributed by atoms with E-state index in [1.54, 1.807) is 25.1 Å². The Bertz CT molecular complexity index is 1430. The molecule has 2 heterocycles. The maximum absolute atomic E-state index is 13.7. The molecule has 0 spiro atoms. The van der Waals surface area contributed by atoms with Gasteiger partial charge in [-0.1, -0.05) is 48.9 Å². The quantitative estimate of drug-likeness (QED) is 0.292. The lowest BCUT2D eigenvalue weighted by molar-refractivity contribution is 0.0526. The van der Waals surface area contributed by atoms with E-state index >= 15 is 0 Å². The maximum atomic E-state index is 13.7. The number of thiophene rings is 1. The van der Waals surface area contributed by atoms with Gasteiger partial charge >= 0.3 is 5.97 Å². The fourth-order valence-corrected chi connectivity index (χ4v) is 6.14. The number of rotatable bonds is 5. The first-order valence-electron chi connectivity index (χ1n) is 11.7. The third kappa shape index (κ3) is 4.68. The molecule has 2 aromatic carbocycles. The minimum absolute atomic E-state index is 0.279. The summed E-state index contributed by atoms with van der Waals surface area (Å²) < 4.78 is 5.36. The van der Waals surface area contributed by atoms with Gasteiger partial charge < -0.3 is 10.1 Å². The molecule has 5 rings (SSSR count). The number of ether oxygens (including phenoxy) is 1. The van der Waals surface area contributed by atoms with Crippen molar-refractivity contribution in [2.75, 3.05) is 11.9 Å². The van der Waals surface area contributed by atoms with Gasteiger partial charge in [0.1, 0.15) is 5.00 Å². The molecular weight excluding hydrogens is 480 g/mol. The zero-order chi connectivity index (χ0) is 24.5. The Kier molecular flexibility index (Phi) is 6.58. The monoisotopic (exact) mass is 504 g/mol. The highest BCUT2D eigenvalue weighted by Gasteiger charge is 2.29. The number of fused-ring (bicyclic) bond motifs is 2. The summed E-state index contributed by atoms with van der Waals surface area (Å²) in [5.41, 5.74) is 4.22.